The molecule has 20 heavy (non-hydrogen) atoms. The highest BCUT2D eigenvalue weighted by Gasteiger charge is 2.07. The summed E-state index contributed by atoms with van der Waals surface area (Å²) in [6.45, 7) is 4.41. The van der Waals surface area contributed by atoms with Crippen LogP contribution in [0.4, 0.5) is 0 Å². The second kappa shape index (κ2) is 6.21. The van der Waals surface area contributed by atoms with Gasteiger partial charge in [0.2, 0.25) is 0 Å². The summed E-state index contributed by atoms with van der Waals surface area (Å²) in [5, 5.41) is 9.11. The number of rotatable bonds is 4. The third-order valence-electron chi connectivity index (χ3n) is 3.10. The fourth-order valence-electron chi connectivity index (χ4n) is 2.13. The topological polar surface area (TPSA) is 45.9 Å². The summed E-state index contributed by atoms with van der Waals surface area (Å²) in [5.41, 5.74) is 3.62. The first-order valence-corrected chi connectivity index (χ1v) is 6.67. The maximum absolute atomic E-state index is 9.11. The molecule has 1 aromatic carbocycles. The van der Waals surface area contributed by atoms with E-state index in [0.717, 1.165) is 17.7 Å². The maximum Gasteiger partial charge on any atom is 0.154 e. The maximum atomic E-state index is 9.11. The molecule has 0 N–H and O–H groups in total. The van der Waals surface area contributed by atoms with Gasteiger partial charge in [0.05, 0.1) is 24.6 Å². The molecule has 0 spiro atoms. The van der Waals surface area contributed by atoms with Crippen LogP contribution in [-0.2, 0) is 6.42 Å². The van der Waals surface area contributed by atoms with Gasteiger partial charge in [-0.25, -0.2) is 0 Å². The Morgan fingerprint density at radius 3 is 2.50 bits per heavy atom. The van der Waals surface area contributed by atoms with Crippen molar-refractivity contribution >= 4 is 0 Å². The minimum Gasteiger partial charge on any atom is -0.494 e. The minimum absolute atomic E-state index is 0.503. The molecule has 3 heteroatoms. The van der Waals surface area contributed by atoms with Crippen LogP contribution >= 0.6 is 0 Å². The molecule has 0 saturated heterocycles. The molecule has 3 nitrogen and oxygen atoms in total. The van der Waals surface area contributed by atoms with Crippen molar-refractivity contribution in [3.05, 3.63) is 47.7 Å². The minimum atomic E-state index is 0.503. The van der Waals surface area contributed by atoms with Crippen LogP contribution in [-0.4, -0.2) is 12.1 Å². The monoisotopic (exact) mass is 266 g/mol. The summed E-state index contributed by atoms with van der Waals surface area (Å²) >= 11 is 0. The second-order valence-electron chi connectivity index (χ2n) is 5.18. The molecule has 102 valence electrons. The number of ether oxygens (including phenoxy) is 1. The van der Waals surface area contributed by atoms with Crippen LogP contribution in [0, 0.1) is 17.2 Å². The number of benzene rings is 1. The molecule has 0 aliphatic carbocycles. The van der Waals surface area contributed by atoms with Crippen LogP contribution in [0.3, 0.4) is 0 Å². The Morgan fingerprint density at radius 1 is 1.25 bits per heavy atom. The molecule has 0 aliphatic rings. The number of nitriles is 1. The fourth-order valence-corrected chi connectivity index (χ4v) is 2.13. The van der Waals surface area contributed by atoms with E-state index in [-0.39, 0.29) is 0 Å². The Balaban J connectivity index is 2.30. The number of pyridine rings is 1. The van der Waals surface area contributed by atoms with Crippen LogP contribution in [0.5, 0.6) is 5.75 Å². The van der Waals surface area contributed by atoms with Gasteiger partial charge in [-0.2, -0.15) is 5.26 Å². The van der Waals surface area contributed by atoms with Crippen LogP contribution < -0.4 is 4.74 Å². The van der Waals surface area contributed by atoms with E-state index < -0.39 is 0 Å². The van der Waals surface area contributed by atoms with Gasteiger partial charge in [-0.05, 0) is 24.0 Å². The van der Waals surface area contributed by atoms with Crippen molar-refractivity contribution in [3.8, 4) is 23.1 Å². The summed E-state index contributed by atoms with van der Waals surface area (Å²) in [5.74, 6) is 1.15. The van der Waals surface area contributed by atoms with Gasteiger partial charge in [0.25, 0.3) is 0 Å². The van der Waals surface area contributed by atoms with Gasteiger partial charge in [0.15, 0.2) is 5.75 Å². The Hall–Kier alpha value is -2.34. The Morgan fingerprint density at radius 2 is 1.95 bits per heavy atom. The molecular weight excluding hydrogens is 248 g/mol. The second-order valence-corrected chi connectivity index (χ2v) is 5.18. The number of aromatic nitrogens is 1. The first-order valence-electron chi connectivity index (χ1n) is 6.67. The molecule has 0 unspecified atom stereocenters. The van der Waals surface area contributed by atoms with Crippen molar-refractivity contribution in [3.63, 3.8) is 0 Å². The molecular formula is C17H18N2O. The van der Waals surface area contributed by atoms with Crippen molar-refractivity contribution in [2.75, 3.05) is 7.11 Å². The molecule has 0 amide bonds. The summed E-state index contributed by atoms with van der Waals surface area (Å²) in [7, 11) is 1.54. The standard InChI is InChI=1S/C17H18N2O/c1-12(2)8-13-4-6-14(7-5-13)16-9-15(10-18)17(20-3)11-19-16/h4-7,9,11-12H,8H2,1-3H3. The summed E-state index contributed by atoms with van der Waals surface area (Å²) in [6, 6.07) is 12.2. The number of methoxy groups -OCH3 is 1. The molecule has 1 heterocycles. The van der Waals surface area contributed by atoms with E-state index in [1.54, 1.807) is 12.3 Å². The van der Waals surface area contributed by atoms with Crippen molar-refractivity contribution < 1.29 is 4.74 Å². The summed E-state index contributed by atoms with van der Waals surface area (Å²) in [4.78, 5) is 4.34. The van der Waals surface area contributed by atoms with Crippen LogP contribution in [0.15, 0.2) is 36.5 Å². The molecule has 0 saturated carbocycles. The first-order chi connectivity index (χ1) is 9.63. The quantitative estimate of drug-likeness (QED) is 0.845. The molecule has 0 radical (unpaired) electrons. The largest absolute Gasteiger partial charge is 0.494 e. The molecule has 0 fully saturated rings. The van der Waals surface area contributed by atoms with Gasteiger partial charge in [-0.3, -0.25) is 4.98 Å². The lowest BCUT2D eigenvalue weighted by molar-refractivity contribution is 0.411. The van der Waals surface area contributed by atoms with E-state index in [1.165, 1.54) is 12.7 Å². The Labute approximate surface area is 119 Å². The van der Waals surface area contributed by atoms with E-state index >= 15 is 0 Å². The Bertz CT molecular complexity index is 624. The molecule has 2 aromatic rings. The van der Waals surface area contributed by atoms with E-state index in [9.17, 15) is 0 Å². The van der Waals surface area contributed by atoms with Crippen molar-refractivity contribution in [2.45, 2.75) is 20.3 Å². The van der Waals surface area contributed by atoms with Gasteiger partial charge >= 0.3 is 0 Å². The van der Waals surface area contributed by atoms with Crippen LogP contribution in [0.2, 0.25) is 0 Å². The zero-order valence-corrected chi connectivity index (χ0v) is 12.1. The molecule has 1 aromatic heterocycles. The van der Waals surface area contributed by atoms with Crippen molar-refractivity contribution in [1.29, 1.82) is 5.26 Å². The molecule has 2 rings (SSSR count). The number of nitrogens with zero attached hydrogens (tertiary/aromatic N) is 2. The Kier molecular flexibility index (Phi) is 4.37. The fraction of sp³-hybridized carbons (Fsp3) is 0.294. The van der Waals surface area contributed by atoms with Gasteiger partial charge in [-0.1, -0.05) is 38.1 Å². The number of hydrogen-bond donors (Lipinski definition) is 0. The molecule has 0 aliphatic heterocycles. The van der Waals surface area contributed by atoms with Crippen molar-refractivity contribution in [1.82, 2.24) is 4.98 Å². The van der Waals surface area contributed by atoms with E-state index in [1.807, 2.05) is 12.1 Å². The van der Waals surface area contributed by atoms with E-state index in [2.05, 4.69) is 37.0 Å². The predicted molar refractivity (Wildman–Crippen MR) is 79.5 cm³/mol. The van der Waals surface area contributed by atoms with Crippen LogP contribution in [0.25, 0.3) is 11.3 Å². The predicted octanol–water partition coefficient (Wildman–Crippen LogP) is 3.83. The molecule has 0 bridgehead atoms. The molecule has 0 atom stereocenters. The van der Waals surface area contributed by atoms with Gasteiger partial charge in [0.1, 0.15) is 6.07 Å². The first kappa shape index (κ1) is 14.1. The number of hydrogen-bond acceptors (Lipinski definition) is 3. The lowest BCUT2D eigenvalue weighted by atomic mass is 10.0. The van der Waals surface area contributed by atoms with Crippen LogP contribution in [0.1, 0.15) is 25.0 Å². The normalized spacial score (nSPS) is 10.3. The third kappa shape index (κ3) is 3.16. The highest BCUT2D eigenvalue weighted by atomic mass is 16.5. The van der Waals surface area contributed by atoms with Crippen molar-refractivity contribution in [2.24, 2.45) is 5.92 Å². The summed E-state index contributed by atoms with van der Waals surface area (Å²) < 4.78 is 5.10. The van der Waals surface area contributed by atoms with Gasteiger partial charge in [-0.15, -0.1) is 0 Å². The van der Waals surface area contributed by atoms with Gasteiger partial charge in [0, 0.05) is 5.56 Å². The lowest BCUT2D eigenvalue weighted by Crippen LogP contribution is -1.94. The smallest absolute Gasteiger partial charge is 0.154 e. The zero-order chi connectivity index (χ0) is 14.5. The third-order valence-corrected chi connectivity index (χ3v) is 3.10. The van der Waals surface area contributed by atoms with E-state index in [4.69, 9.17) is 10.00 Å². The van der Waals surface area contributed by atoms with E-state index in [0.29, 0.717) is 17.2 Å². The SMILES string of the molecule is COc1cnc(-c2ccc(CC(C)C)cc2)cc1C#N. The average Bonchev–Trinajstić information content (AvgIpc) is 2.46. The zero-order valence-electron chi connectivity index (χ0n) is 12.1. The lowest BCUT2D eigenvalue weighted by Gasteiger charge is -2.08. The summed E-state index contributed by atoms with van der Waals surface area (Å²) in [6.07, 6.45) is 2.66. The highest BCUT2D eigenvalue weighted by molar-refractivity contribution is 5.63. The van der Waals surface area contributed by atoms with Gasteiger partial charge < -0.3 is 4.74 Å². The highest BCUT2D eigenvalue weighted by Crippen LogP contribution is 2.24. The average molecular weight is 266 g/mol.